The minimum atomic E-state index is -1.52. The molecule has 1 heterocycles. The van der Waals surface area contributed by atoms with Crippen LogP contribution in [0.15, 0.2) is 36.4 Å². The highest BCUT2D eigenvalue weighted by molar-refractivity contribution is 5.80. The van der Waals surface area contributed by atoms with Crippen LogP contribution in [0.5, 0.6) is 0 Å². The van der Waals surface area contributed by atoms with Crippen LogP contribution >= 0.6 is 0 Å². The summed E-state index contributed by atoms with van der Waals surface area (Å²) < 4.78 is 13.5. The maximum Gasteiger partial charge on any atom is 0.314 e. The van der Waals surface area contributed by atoms with Crippen LogP contribution in [0.25, 0.3) is 0 Å². The smallest absolute Gasteiger partial charge is 0.314 e. The maximum absolute atomic E-state index is 13.5. The van der Waals surface area contributed by atoms with E-state index in [1.54, 1.807) is 6.07 Å². The number of rotatable bonds is 7. The average Bonchev–Trinajstić information content (AvgIpc) is 2.60. The van der Waals surface area contributed by atoms with Crippen LogP contribution in [0.4, 0.5) is 4.39 Å². The van der Waals surface area contributed by atoms with Gasteiger partial charge in [0.2, 0.25) is 5.91 Å². The zero-order valence-corrected chi connectivity index (χ0v) is 15.0. The number of halogens is 1. The van der Waals surface area contributed by atoms with Gasteiger partial charge in [-0.05, 0) is 50.3 Å². The van der Waals surface area contributed by atoms with Gasteiger partial charge >= 0.3 is 5.97 Å². The summed E-state index contributed by atoms with van der Waals surface area (Å²) in [6, 6.07) is 5.71. The standard InChI is InChI=1S/C20H26FNO4/c1-2-3-4-5-9-18(24)22-11-10-17(23)20(14-22,19(25)26)13-15-7-6-8-16(21)12-15/h2-3,6-8,12,17,23H,4-5,9-11,13-14H2,1H3,(H,25,26)/t17-,20+/m0/s1. The fraction of sp³-hybridized carbons (Fsp3) is 0.500. The van der Waals surface area contributed by atoms with E-state index in [1.807, 2.05) is 19.1 Å². The molecule has 0 unspecified atom stereocenters. The van der Waals surface area contributed by atoms with Gasteiger partial charge in [0, 0.05) is 19.5 Å². The highest BCUT2D eigenvalue weighted by atomic mass is 19.1. The molecule has 142 valence electrons. The van der Waals surface area contributed by atoms with Crippen molar-refractivity contribution in [3.05, 3.63) is 47.8 Å². The molecule has 26 heavy (non-hydrogen) atoms. The number of piperidine rings is 1. The number of nitrogens with zero attached hydrogens (tertiary/aromatic N) is 1. The maximum atomic E-state index is 13.5. The van der Waals surface area contributed by atoms with Crippen molar-refractivity contribution in [2.75, 3.05) is 13.1 Å². The Morgan fingerprint density at radius 2 is 2.19 bits per heavy atom. The molecule has 0 radical (unpaired) electrons. The van der Waals surface area contributed by atoms with E-state index in [1.165, 1.54) is 23.1 Å². The summed E-state index contributed by atoms with van der Waals surface area (Å²) in [5, 5.41) is 20.3. The Kier molecular flexibility index (Phi) is 6.91. The summed E-state index contributed by atoms with van der Waals surface area (Å²) in [7, 11) is 0. The molecule has 0 aromatic heterocycles. The minimum Gasteiger partial charge on any atom is -0.481 e. The zero-order chi connectivity index (χ0) is 19.2. The summed E-state index contributed by atoms with van der Waals surface area (Å²) in [6.07, 6.45) is 4.84. The average molecular weight is 363 g/mol. The highest BCUT2D eigenvalue weighted by Gasteiger charge is 2.50. The number of amides is 1. The molecule has 0 saturated carbocycles. The number of benzene rings is 1. The van der Waals surface area contributed by atoms with Gasteiger partial charge in [0.1, 0.15) is 11.2 Å². The highest BCUT2D eigenvalue weighted by Crippen LogP contribution is 2.35. The number of likely N-dealkylation sites (tertiary alicyclic amines) is 1. The molecule has 0 aliphatic carbocycles. The number of aliphatic hydroxyl groups is 1. The van der Waals surface area contributed by atoms with Crippen LogP contribution in [0.2, 0.25) is 0 Å². The third-order valence-electron chi connectivity index (χ3n) is 4.97. The number of aliphatic carboxylic acids is 1. The number of carbonyl (C=O) groups is 2. The Morgan fingerprint density at radius 1 is 1.42 bits per heavy atom. The fourth-order valence-corrected chi connectivity index (χ4v) is 3.46. The van der Waals surface area contributed by atoms with Crippen molar-refractivity contribution in [3.63, 3.8) is 0 Å². The van der Waals surface area contributed by atoms with Gasteiger partial charge in [0.15, 0.2) is 0 Å². The number of hydrogen-bond donors (Lipinski definition) is 2. The van der Waals surface area contributed by atoms with E-state index in [9.17, 15) is 24.2 Å². The van der Waals surface area contributed by atoms with E-state index < -0.39 is 23.3 Å². The van der Waals surface area contributed by atoms with Crippen molar-refractivity contribution in [1.29, 1.82) is 0 Å². The molecular weight excluding hydrogens is 337 g/mol. The van der Waals surface area contributed by atoms with Gasteiger partial charge < -0.3 is 15.1 Å². The van der Waals surface area contributed by atoms with Crippen LogP contribution in [-0.2, 0) is 16.0 Å². The molecule has 0 bridgehead atoms. The van der Waals surface area contributed by atoms with Crippen LogP contribution in [-0.4, -0.2) is 46.2 Å². The van der Waals surface area contributed by atoms with Gasteiger partial charge in [0.25, 0.3) is 0 Å². The Labute approximate surface area is 153 Å². The lowest BCUT2D eigenvalue weighted by molar-refractivity contribution is -0.165. The van der Waals surface area contributed by atoms with Gasteiger partial charge in [-0.1, -0.05) is 24.3 Å². The van der Waals surface area contributed by atoms with Crippen LogP contribution in [0, 0.1) is 11.2 Å². The molecule has 5 nitrogen and oxygen atoms in total. The molecule has 1 saturated heterocycles. The third kappa shape index (κ3) is 4.69. The molecule has 2 atom stereocenters. The van der Waals surface area contributed by atoms with Crippen molar-refractivity contribution in [1.82, 2.24) is 4.90 Å². The van der Waals surface area contributed by atoms with Crippen molar-refractivity contribution in [2.45, 2.75) is 45.1 Å². The van der Waals surface area contributed by atoms with Gasteiger partial charge in [-0.3, -0.25) is 9.59 Å². The summed E-state index contributed by atoms with van der Waals surface area (Å²) >= 11 is 0. The number of carbonyl (C=O) groups excluding carboxylic acids is 1. The lowest BCUT2D eigenvalue weighted by atomic mass is 9.72. The molecule has 2 N–H and O–H groups in total. The minimum absolute atomic E-state index is 0.0242. The number of unbranched alkanes of at least 4 members (excludes halogenated alkanes) is 1. The van der Waals surface area contributed by atoms with Crippen molar-refractivity contribution >= 4 is 11.9 Å². The Hall–Kier alpha value is -2.21. The van der Waals surface area contributed by atoms with Gasteiger partial charge in [-0.15, -0.1) is 0 Å². The summed E-state index contributed by atoms with van der Waals surface area (Å²) in [4.78, 5) is 26.0. The first kappa shape index (κ1) is 20.1. The predicted octanol–water partition coefficient (Wildman–Crippen LogP) is 2.78. The van der Waals surface area contributed by atoms with E-state index in [4.69, 9.17) is 0 Å². The first-order chi connectivity index (χ1) is 12.4. The van der Waals surface area contributed by atoms with Crippen LogP contribution < -0.4 is 0 Å². The van der Waals surface area contributed by atoms with E-state index in [-0.39, 0.29) is 25.3 Å². The van der Waals surface area contributed by atoms with E-state index in [0.717, 1.165) is 6.42 Å². The topological polar surface area (TPSA) is 77.8 Å². The number of allylic oxidation sites excluding steroid dienone is 2. The van der Waals surface area contributed by atoms with Crippen molar-refractivity contribution in [3.8, 4) is 0 Å². The van der Waals surface area contributed by atoms with E-state index >= 15 is 0 Å². The number of hydrogen-bond acceptors (Lipinski definition) is 3. The summed E-state index contributed by atoms with van der Waals surface area (Å²) in [5.41, 5.74) is -1.03. The van der Waals surface area contributed by atoms with E-state index in [0.29, 0.717) is 24.9 Å². The Bertz CT molecular complexity index is 676. The second-order valence-corrected chi connectivity index (χ2v) is 6.85. The summed E-state index contributed by atoms with van der Waals surface area (Å²) in [6.45, 7) is 2.19. The molecule has 6 heteroatoms. The molecule has 1 aromatic rings. The monoisotopic (exact) mass is 363 g/mol. The normalized spacial score (nSPS) is 23.3. The molecule has 0 spiro atoms. The lowest BCUT2D eigenvalue weighted by Crippen LogP contribution is -2.58. The third-order valence-corrected chi connectivity index (χ3v) is 4.97. The number of aliphatic hydroxyl groups excluding tert-OH is 1. The van der Waals surface area contributed by atoms with Crippen molar-refractivity contribution < 1.29 is 24.2 Å². The van der Waals surface area contributed by atoms with E-state index in [2.05, 4.69) is 0 Å². The molecule has 1 aromatic carbocycles. The van der Waals surface area contributed by atoms with Gasteiger partial charge in [-0.2, -0.15) is 0 Å². The molecule has 1 fully saturated rings. The summed E-state index contributed by atoms with van der Waals surface area (Å²) in [5.74, 6) is -1.72. The second-order valence-electron chi connectivity index (χ2n) is 6.85. The number of carboxylic acid groups (broad SMARTS) is 1. The second kappa shape index (κ2) is 8.94. The predicted molar refractivity (Wildman–Crippen MR) is 96.0 cm³/mol. The molecule has 1 aliphatic heterocycles. The fourth-order valence-electron chi connectivity index (χ4n) is 3.46. The van der Waals surface area contributed by atoms with Crippen LogP contribution in [0.3, 0.4) is 0 Å². The number of carboxylic acids is 1. The Morgan fingerprint density at radius 3 is 2.85 bits per heavy atom. The first-order valence-corrected chi connectivity index (χ1v) is 8.94. The Balaban J connectivity index is 2.15. The quantitative estimate of drug-likeness (QED) is 0.577. The van der Waals surface area contributed by atoms with Crippen LogP contribution in [0.1, 0.15) is 38.2 Å². The lowest BCUT2D eigenvalue weighted by Gasteiger charge is -2.43. The van der Waals surface area contributed by atoms with Gasteiger partial charge in [0.05, 0.1) is 6.10 Å². The van der Waals surface area contributed by atoms with Gasteiger partial charge in [-0.25, -0.2) is 4.39 Å². The molecular formula is C20H26FNO4. The van der Waals surface area contributed by atoms with Crippen molar-refractivity contribution in [2.24, 2.45) is 5.41 Å². The first-order valence-electron chi connectivity index (χ1n) is 8.94. The molecule has 2 rings (SSSR count). The largest absolute Gasteiger partial charge is 0.481 e. The SMILES string of the molecule is CC=CCCCC(=O)N1CC[C@H](O)[C@](Cc2cccc(F)c2)(C(=O)O)C1. The molecule has 1 amide bonds. The molecule has 1 aliphatic rings. The zero-order valence-electron chi connectivity index (χ0n) is 15.0.